The molecule has 0 saturated carbocycles. The van der Waals surface area contributed by atoms with Crippen LogP contribution in [0.15, 0.2) is 57.7 Å². The standard InChI is InChI=1S/C12H10ClN3OS/c13-8-6-10(11(14)16-17)12(15-7-8)18-9-4-2-1-3-5-9/h1-7,17H,(H2,14,16). The van der Waals surface area contributed by atoms with Crippen LogP contribution in [0.1, 0.15) is 5.56 Å². The summed E-state index contributed by atoms with van der Waals surface area (Å²) in [5.74, 6) is -0.0107. The van der Waals surface area contributed by atoms with Gasteiger partial charge in [-0.05, 0) is 18.2 Å². The van der Waals surface area contributed by atoms with E-state index in [9.17, 15) is 0 Å². The average molecular weight is 280 g/mol. The Labute approximate surface area is 113 Å². The number of halogens is 1. The molecule has 0 aliphatic rings. The first-order chi connectivity index (χ1) is 8.70. The minimum atomic E-state index is -0.0107. The fourth-order valence-corrected chi connectivity index (χ4v) is 2.40. The molecule has 18 heavy (non-hydrogen) atoms. The first-order valence-corrected chi connectivity index (χ1v) is 6.26. The second-order valence-corrected chi connectivity index (χ2v) is 4.91. The maximum absolute atomic E-state index is 8.75. The van der Waals surface area contributed by atoms with Crippen molar-refractivity contribution in [2.75, 3.05) is 0 Å². The second-order valence-electron chi connectivity index (χ2n) is 3.41. The van der Waals surface area contributed by atoms with Crippen LogP contribution in [0.5, 0.6) is 0 Å². The maximum atomic E-state index is 8.75. The van der Waals surface area contributed by atoms with Crippen LogP contribution in [-0.4, -0.2) is 16.0 Å². The lowest BCUT2D eigenvalue weighted by atomic mass is 10.3. The summed E-state index contributed by atoms with van der Waals surface area (Å²) >= 11 is 7.28. The van der Waals surface area contributed by atoms with Gasteiger partial charge in [-0.2, -0.15) is 0 Å². The zero-order valence-electron chi connectivity index (χ0n) is 9.25. The SMILES string of the molecule is N/C(=N\O)c1cc(Cl)cnc1Sc1ccccc1. The van der Waals surface area contributed by atoms with Gasteiger partial charge in [-0.3, -0.25) is 0 Å². The van der Waals surface area contributed by atoms with E-state index >= 15 is 0 Å². The van der Waals surface area contributed by atoms with Crippen molar-refractivity contribution in [1.29, 1.82) is 0 Å². The summed E-state index contributed by atoms with van der Waals surface area (Å²) in [4.78, 5) is 5.21. The Hall–Kier alpha value is -1.72. The summed E-state index contributed by atoms with van der Waals surface area (Å²) in [5, 5.41) is 12.8. The van der Waals surface area contributed by atoms with E-state index < -0.39 is 0 Å². The molecule has 2 rings (SSSR count). The number of hydrogen-bond donors (Lipinski definition) is 2. The first-order valence-electron chi connectivity index (χ1n) is 5.07. The zero-order valence-corrected chi connectivity index (χ0v) is 10.8. The quantitative estimate of drug-likeness (QED) is 0.392. The number of hydrogen-bond acceptors (Lipinski definition) is 4. The number of pyridine rings is 1. The largest absolute Gasteiger partial charge is 0.409 e. The molecule has 0 fully saturated rings. The molecule has 1 aromatic heterocycles. The van der Waals surface area contributed by atoms with Gasteiger partial charge in [0.2, 0.25) is 0 Å². The van der Waals surface area contributed by atoms with E-state index in [1.54, 1.807) is 6.07 Å². The van der Waals surface area contributed by atoms with Crippen LogP contribution >= 0.6 is 23.4 Å². The van der Waals surface area contributed by atoms with Crippen molar-refractivity contribution in [3.63, 3.8) is 0 Å². The summed E-state index contributed by atoms with van der Waals surface area (Å²) in [7, 11) is 0. The molecule has 0 unspecified atom stereocenters. The highest BCUT2D eigenvalue weighted by Crippen LogP contribution is 2.29. The van der Waals surface area contributed by atoms with Gasteiger partial charge in [0, 0.05) is 11.1 Å². The topological polar surface area (TPSA) is 71.5 Å². The molecule has 0 aliphatic heterocycles. The van der Waals surface area contributed by atoms with Crippen LogP contribution in [0.2, 0.25) is 5.02 Å². The molecule has 1 aromatic carbocycles. The lowest BCUT2D eigenvalue weighted by Gasteiger charge is -2.07. The van der Waals surface area contributed by atoms with E-state index in [2.05, 4.69) is 10.1 Å². The lowest BCUT2D eigenvalue weighted by Crippen LogP contribution is -2.14. The van der Waals surface area contributed by atoms with Gasteiger partial charge in [-0.25, -0.2) is 4.98 Å². The molecule has 92 valence electrons. The van der Waals surface area contributed by atoms with Crippen molar-refractivity contribution in [3.05, 3.63) is 53.2 Å². The second kappa shape index (κ2) is 5.75. The van der Waals surface area contributed by atoms with E-state index in [-0.39, 0.29) is 5.84 Å². The van der Waals surface area contributed by atoms with Crippen LogP contribution in [0.25, 0.3) is 0 Å². The molecule has 0 aliphatic carbocycles. The van der Waals surface area contributed by atoms with Gasteiger partial charge in [0.15, 0.2) is 5.84 Å². The molecule has 1 heterocycles. The molecule has 0 radical (unpaired) electrons. The average Bonchev–Trinajstić information content (AvgIpc) is 2.41. The molecule has 0 atom stereocenters. The van der Waals surface area contributed by atoms with Crippen molar-refractivity contribution in [2.45, 2.75) is 9.92 Å². The van der Waals surface area contributed by atoms with Crippen molar-refractivity contribution < 1.29 is 5.21 Å². The Morgan fingerprint density at radius 2 is 2.06 bits per heavy atom. The molecule has 0 spiro atoms. The molecular weight excluding hydrogens is 270 g/mol. The smallest absolute Gasteiger partial charge is 0.172 e. The third-order valence-electron chi connectivity index (χ3n) is 2.16. The molecule has 4 nitrogen and oxygen atoms in total. The number of nitrogens with zero attached hydrogens (tertiary/aromatic N) is 2. The number of amidine groups is 1. The first kappa shape index (κ1) is 12.7. The summed E-state index contributed by atoms with van der Waals surface area (Å²) < 4.78 is 0. The third-order valence-corrected chi connectivity index (χ3v) is 3.39. The Kier molecular flexibility index (Phi) is 4.07. The number of nitrogens with two attached hydrogens (primary N) is 1. The van der Waals surface area contributed by atoms with Gasteiger partial charge in [0.05, 0.1) is 10.6 Å². The Morgan fingerprint density at radius 3 is 2.72 bits per heavy atom. The van der Waals surface area contributed by atoms with Crippen LogP contribution in [0.4, 0.5) is 0 Å². The predicted molar refractivity (Wildman–Crippen MR) is 72.3 cm³/mol. The molecule has 0 bridgehead atoms. The Morgan fingerprint density at radius 1 is 1.33 bits per heavy atom. The van der Waals surface area contributed by atoms with Gasteiger partial charge >= 0.3 is 0 Å². The minimum absolute atomic E-state index is 0.0107. The summed E-state index contributed by atoms with van der Waals surface area (Å²) in [5.41, 5.74) is 6.12. The molecule has 2 aromatic rings. The van der Waals surface area contributed by atoms with Crippen molar-refractivity contribution in [2.24, 2.45) is 10.9 Å². The summed E-state index contributed by atoms with van der Waals surface area (Å²) in [6.45, 7) is 0. The molecule has 6 heteroatoms. The lowest BCUT2D eigenvalue weighted by molar-refractivity contribution is 0.318. The molecular formula is C12H10ClN3OS. The summed E-state index contributed by atoms with van der Waals surface area (Å²) in [6, 6.07) is 11.3. The van der Waals surface area contributed by atoms with Gasteiger partial charge in [0.1, 0.15) is 5.03 Å². The molecule has 3 N–H and O–H groups in total. The summed E-state index contributed by atoms with van der Waals surface area (Å²) in [6.07, 6.45) is 1.53. The highest BCUT2D eigenvalue weighted by atomic mass is 35.5. The third kappa shape index (κ3) is 2.94. The fraction of sp³-hybridized carbons (Fsp3) is 0. The number of benzene rings is 1. The molecule has 0 saturated heterocycles. The highest BCUT2D eigenvalue weighted by Gasteiger charge is 2.11. The van der Waals surface area contributed by atoms with Gasteiger partial charge in [-0.1, -0.05) is 46.7 Å². The van der Waals surface area contributed by atoms with E-state index in [1.807, 2.05) is 30.3 Å². The highest BCUT2D eigenvalue weighted by molar-refractivity contribution is 7.99. The van der Waals surface area contributed by atoms with E-state index in [0.29, 0.717) is 15.6 Å². The van der Waals surface area contributed by atoms with Crippen LogP contribution < -0.4 is 5.73 Å². The number of aromatic nitrogens is 1. The monoisotopic (exact) mass is 279 g/mol. The van der Waals surface area contributed by atoms with Crippen LogP contribution in [0, 0.1) is 0 Å². The minimum Gasteiger partial charge on any atom is -0.409 e. The maximum Gasteiger partial charge on any atom is 0.172 e. The van der Waals surface area contributed by atoms with E-state index in [0.717, 1.165) is 4.90 Å². The van der Waals surface area contributed by atoms with E-state index in [1.165, 1.54) is 18.0 Å². The fourth-order valence-electron chi connectivity index (χ4n) is 1.35. The Bertz CT molecular complexity index is 575. The van der Waals surface area contributed by atoms with Gasteiger partial charge in [-0.15, -0.1) is 0 Å². The van der Waals surface area contributed by atoms with Crippen molar-refractivity contribution >= 4 is 29.2 Å². The normalized spacial score (nSPS) is 11.5. The van der Waals surface area contributed by atoms with Crippen molar-refractivity contribution in [3.8, 4) is 0 Å². The zero-order chi connectivity index (χ0) is 13.0. The number of rotatable bonds is 3. The van der Waals surface area contributed by atoms with Crippen LogP contribution in [-0.2, 0) is 0 Å². The van der Waals surface area contributed by atoms with Crippen LogP contribution in [0.3, 0.4) is 0 Å². The number of oxime groups is 1. The van der Waals surface area contributed by atoms with E-state index in [4.69, 9.17) is 22.5 Å². The van der Waals surface area contributed by atoms with Crippen molar-refractivity contribution in [1.82, 2.24) is 4.98 Å². The molecule has 0 amide bonds. The van der Waals surface area contributed by atoms with Gasteiger partial charge in [0.25, 0.3) is 0 Å². The van der Waals surface area contributed by atoms with Gasteiger partial charge < -0.3 is 10.9 Å². The Balaban J connectivity index is 2.39. The predicted octanol–water partition coefficient (Wildman–Crippen LogP) is 2.98.